The number of furan rings is 1. The van der Waals surface area contributed by atoms with Gasteiger partial charge in [0.2, 0.25) is 0 Å². The Morgan fingerprint density at radius 3 is 2.79 bits per heavy atom. The molecule has 0 saturated carbocycles. The smallest absolute Gasteiger partial charge is 0.268 e. The van der Waals surface area contributed by atoms with Gasteiger partial charge in [-0.25, -0.2) is 4.39 Å². The number of rotatable bonds is 7. The molecule has 0 unspecified atom stereocenters. The molecule has 7 heteroatoms. The Labute approximate surface area is 169 Å². The summed E-state index contributed by atoms with van der Waals surface area (Å²) < 4.78 is 27.1. The van der Waals surface area contributed by atoms with Gasteiger partial charge in [-0.15, -0.1) is 0 Å². The highest BCUT2D eigenvalue weighted by Gasteiger charge is 2.19. The van der Waals surface area contributed by atoms with Gasteiger partial charge in [0.05, 0.1) is 25.3 Å². The van der Waals surface area contributed by atoms with Crippen LogP contribution in [0.1, 0.15) is 28.2 Å². The van der Waals surface area contributed by atoms with Gasteiger partial charge in [-0.3, -0.25) is 9.69 Å². The first-order valence-corrected chi connectivity index (χ1v) is 10.0. The van der Waals surface area contributed by atoms with Gasteiger partial charge < -0.3 is 19.0 Å². The van der Waals surface area contributed by atoms with Gasteiger partial charge in [-0.1, -0.05) is 18.2 Å². The van der Waals surface area contributed by atoms with E-state index in [0.717, 1.165) is 50.5 Å². The van der Waals surface area contributed by atoms with E-state index < -0.39 is 0 Å². The molecule has 154 valence electrons. The predicted molar refractivity (Wildman–Crippen MR) is 109 cm³/mol. The van der Waals surface area contributed by atoms with Crippen molar-refractivity contribution >= 4 is 17.0 Å². The molecule has 0 aliphatic carbocycles. The molecule has 3 heterocycles. The molecule has 0 radical (unpaired) electrons. The number of halogens is 1. The second-order valence-electron chi connectivity index (χ2n) is 7.38. The summed E-state index contributed by atoms with van der Waals surface area (Å²) in [6, 6.07) is 10.2. The third kappa shape index (κ3) is 4.52. The third-order valence-electron chi connectivity index (χ3n) is 5.27. The van der Waals surface area contributed by atoms with Crippen LogP contribution in [-0.2, 0) is 11.3 Å². The van der Waals surface area contributed by atoms with Crippen molar-refractivity contribution in [3.63, 3.8) is 0 Å². The van der Waals surface area contributed by atoms with E-state index in [1.807, 2.05) is 17.6 Å². The Morgan fingerprint density at radius 2 is 2.00 bits per heavy atom. The van der Waals surface area contributed by atoms with Crippen LogP contribution in [0.3, 0.4) is 0 Å². The molecule has 6 nitrogen and oxygen atoms in total. The zero-order valence-electron chi connectivity index (χ0n) is 16.6. The van der Waals surface area contributed by atoms with Gasteiger partial charge >= 0.3 is 0 Å². The topological polar surface area (TPSA) is 59.6 Å². The number of carbonyl (C=O) groups excluding carboxylic acids is 1. The van der Waals surface area contributed by atoms with Gasteiger partial charge in [0.15, 0.2) is 5.58 Å². The Balaban J connectivity index is 1.46. The molecule has 0 atom stereocenters. The van der Waals surface area contributed by atoms with Crippen molar-refractivity contribution in [2.45, 2.75) is 19.9 Å². The SMILES string of the molecule is Cc1cc2c(cc(C(=O)NCCCN3CCOCC3)n2Cc2ccccc2F)o1. The molecule has 0 spiro atoms. The predicted octanol–water partition coefficient (Wildman–Crippen LogP) is 3.18. The number of ether oxygens (including phenoxy) is 1. The molecular formula is C22H26FN3O3. The molecule has 2 aromatic heterocycles. The summed E-state index contributed by atoms with van der Waals surface area (Å²) >= 11 is 0. The van der Waals surface area contributed by atoms with Crippen LogP contribution < -0.4 is 5.32 Å². The summed E-state index contributed by atoms with van der Waals surface area (Å²) in [5.74, 6) is 0.300. The van der Waals surface area contributed by atoms with Gasteiger partial charge in [0.25, 0.3) is 5.91 Å². The summed E-state index contributed by atoms with van der Waals surface area (Å²) in [6.07, 6.45) is 0.870. The van der Waals surface area contributed by atoms with Crippen LogP contribution in [0.4, 0.5) is 4.39 Å². The molecular weight excluding hydrogens is 373 g/mol. The number of aromatic nitrogens is 1. The summed E-state index contributed by atoms with van der Waals surface area (Å²) in [6.45, 7) is 7.07. The standard InChI is InChI=1S/C22H26FN3O3/c1-16-13-19-21(29-16)14-20(26(19)15-17-5-2-3-6-18(17)23)22(27)24-7-4-8-25-9-11-28-12-10-25/h2-3,5-6,13-14H,4,7-12,15H2,1H3,(H,24,27). The number of fused-ring (bicyclic) bond motifs is 1. The Morgan fingerprint density at radius 1 is 1.21 bits per heavy atom. The summed E-state index contributed by atoms with van der Waals surface area (Å²) in [4.78, 5) is 15.2. The van der Waals surface area contributed by atoms with Gasteiger partial charge in [0, 0.05) is 37.3 Å². The lowest BCUT2D eigenvalue weighted by Gasteiger charge is -2.26. The van der Waals surface area contributed by atoms with Crippen molar-refractivity contribution in [2.24, 2.45) is 0 Å². The summed E-state index contributed by atoms with van der Waals surface area (Å²) in [7, 11) is 0. The van der Waals surface area contributed by atoms with E-state index in [-0.39, 0.29) is 18.3 Å². The maximum atomic E-state index is 14.2. The number of aryl methyl sites for hydroxylation is 1. The fraction of sp³-hybridized carbons (Fsp3) is 0.409. The van der Waals surface area contributed by atoms with Crippen molar-refractivity contribution in [2.75, 3.05) is 39.4 Å². The van der Waals surface area contributed by atoms with Crippen molar-refractivity contribution in [1.29, 1.82) is 0 Å². The lowest BCUT2D eigenvalue weighted by molar-refractivity contribution is 0.0374. The number of morpholine rings is 1. The molecule has 29 heavy (non-hydrogen) atoms. The van der Waals surface area contributed by atoms with Crippen molar-refractivity contribution in [1.82, 2.24) is 14.8 Å². The van der Waals surface area contributed by atoms with E-state index in [0.29, 0.717) is 23.4 Å². The van der Waals surface area contributed by atoms with Crippen molar-refractivity contribution in [3.8, 4) is 0 Å². The first-order valence-electron chi connectivity index (χ1n) is 10.0. The van der Waals surface area contributed by atoms with Crippen LogP contribution in [0.25, 0.3) is 11.1 Å². The minimum atomic E-state index is -0.286. The number of hydrogen-bond donors (Lipinski definition) is 1. The van der Waals surface area contributed by atoms with E-state index in [1.165, 1.54) is 6.07 Å². The molecule has 1 aromatic carbocycles. The van der Waals surface area contributed by atoms with E-state index in [4.69, 9.17) is 9.15 Å². The quantitative estimate of drug-likeness (QED) is 0.620. The fourth-order valence-electron chi connectivity index (χ4n) is 3.74. The van der Waals surface area contributed by atoms with Crippen molar-refractivity contribution < 1.29 is 18.3 Å². The summed E-state index contributed by atoms with van der Waals surface area (Å²) in [5.41, 5.74) is 2.44. The number of carbonyl (C=O) groups is 1. The van der Waals surface area contributed by atoms with Crippen molar-refractivity contribution in [3.05, 3.63) is 59.2 Å². The van der Waals surface area contributed by atoms with Crippen LogP contribution >= 0.6 is 0 Å². The molecule has 0 bridgehead atoms. The number of nitrogens with one attached hydrogen (secondary N) is 1. The highest BCUT2D eigenvalue weighted by Crippen LogP contribution is 2.25. The maximum Gasteiger partial charge on any atom is 0.268 e. The molecule has 1 amide bonds. The molecule has 1 saturated heterocycles. The first-order chi connectivity index (χ1) is 14.1. The maximum absolute atomic E-state index is 14.2. The Kier molecular flexibility index (Phi) is 5.97. The van der Waals surface area contributed by atoms with Gasteiger partial charge in [-0.2, -0.15) is 0 Å². The van der Waals surface area contributed by atoms with Crippen LogP contribution in [-0.4, -0.2) is 54.8 Å². The molecule has 1 aliphatic heterocycles. The van der Waals surface area contributed by atoms with Crippen LogP contribution in [0, 0.1) is 12.7 Å². The Bertz CT molecular complexity index is 989. The van der Waals surface area contributed by atoms with Crippen LogP contribution in [0.5, 0.6) is 0 Å². The number of amides is 1. The van der Waals surface area contributed by atoms with E-state index in [1.54, 1.807) is 24.3 Å². The Hall–Kier alpha value is -2.64. The zero-order valence-corrected chi connectivity index (χ0v) is 16.6. The van der Waals surface area contributed by atoms with E-state index in [9.17, 15) is 9.18 Å². The van der Waals surface area contributed by atoms with E-state index in [2.05, 4.69) is 10.2 Å². The lowest BCUT2D eigenvalue weighted by Crippen LogP contribution is -2.38. The van der Waals surface area contributed by atoms with Crippen LogP contribution in [0.2, 0.25) is 0 Å². The minimum Gasteiger partial charge on any atom is -0.460 e. The van der Waals surface area contributed by atoms with E-state index >= 15 is 0 Å². The average molecular weight is 399 g/mol. The lowest BCUT2D eigenvalue weighted by atomic mass is 10.2. The molecule has 1 N–H and O–H groups in total. The number of nitrogens with zero attached hydrogens (tertiary/aromatic N) is 2. The minimum absolute atomic E-state index is 0.174. The fourth-order valence-corrected chi connectivity index (χ4v) is 3.74. The summed E-state index contributed by atoms with van der Waals surface area (Å²) in [5, 5.41) is 2.99. The second kappa shape index (κ2) is 8.80. The zero-order chi connectivity index (χ0) is 20.2. The molecule has 4 rings (SSSR count). The largest absolute Gasteiger partial charge is 0.460 e. The van der Waals surface area contributed by atoms with Crippen LogP contribution in [0.15, 0.2) is 40.8 Å². The molecule has 1 aliphatic rings. The highest BCUT2D eigenvalue weighted by molar-refractivity contribution is 5.97. The monoisotopic (exact) mass is 399 g/mol. The highest BCUT2D eigenvalue weighted by atomic mass is 19.1. The normalized spacial score (nSPS) is 15.1. The number of hydrogen-bond acceptors (Lipinski definition) is 4. The second-order valence-corrected chi connectivity index (χ2v) is 7.38. The first kappa shape index (κ1) is 19.7. The van der Waals surface area contributed by atoms with Gasteiger partial charge in [0.1, 0.15) is 17.3 Å². The average Bonchev–Trinajstić information content (AvgIpc) is 3.24. The third-order valence-corrected chi connectivity index (χ3v) is 5.27. The molecule has 1 fully saturated rings. The molecule has 3 aromatic rings. The number of benzene rings is 1. The van der Waals surface area contributed by atoms with Gasteiger partial charge in [-0.05, 0) is 26.0 Å².